The molecule has 0 aliphatic heterocycles. The van der Waals surface area contributed by atoms with Gasteiger partial charge in [0.05, 0.1) is 25.0 Å². The molecule has 0 fully saturated rings. The highest BCUT2D eigenvalue weighted by Crippen LogP contribution is 2.29. The van der Waals surface area contributed by atoms with Gasteiger partial charge in [0.15, 0.2) is 24.2 Å². The van der Waals surface area contributed by atoms with Gasteiger partial charge in [0.2, 0.25) is 0 Å². The van der Waals surface area contributed by atoms with Crippen LogP contribution < -0.4 is 25.0 Å². The molecular weight excluding hydrogens is 585 g/mol. The minimum absolute atomic E-state index is 0.211. The van der Waals surface area contributed by atoms with E-state index in [0.29, 0.717) is 22.1 Å². The maximum atomic E-state index is 13.1. The van der Waals surface area contributed by atoms with Crippen molar-refractivity contribution in [3.05, 3.63) is 87.9 Å². The van der Waals surface area contributed by atoms with Crippen molar-refractivity contribution in [2.75, 3.05) is 20.3 Å². The van der Waals surface area contributed by atoms with Crippen LogP contribution in [0.2, 0.25) is 10.0 Å². The first kappa shape index (κ1) is 32.2. The zero-order valence-corrected chi connectivity index (χ0v) is 24.8. The van der Waals surface area contributed by atoms with Crippen molar-refractivity contribution in [2.45, 2.75) is 32.4 Å². The van der Waals surface area contributed by atoms with E-state index in [4.69, 9.17) is 42.1 Å². The number of methoxy groups -OCH3 is 1. The predicted molar refractivity (Wildman–Crippen MR) is 159 cm³/mol. The minimum atomic E-state index is -0.963. The summed E-state index contributed by atoms with van der Waals surface area (Å²) in [5, 5.41) is 7.46. The van der Waals surface area contributed by atoms with Gasteiger partial charge in [-0.2, -0.15) is 5.10 Å². The van der Waals surface area contributed by atoms with E-state index in [1.807, 2.05) is 30.3 Å². The van der Waals surface area contributed by atoms with Crippen molar-refractivity contribution in [1.82, 2.24) is 10.7 Å². The molecule has 0 aliphatic carbocycles. The molecule has 2 atom stereocenters. The standard InChI is InChI=1S/C30H31Cl2N3O7/c1-4-40-28(36)18-41-26-12-10-21(15-27(26)39-3)17-33-35-30(38)24(14-20-8-6-5-7-9-20)34-29(37)19(2)42-25-13-11-22(31)16-23(25)32/h5-13,15-17,19,24H,4,14,18H2,1-3H3,(H,34,37)(H,35,38)/b33-17-/t19-,24-/m0/s1. The molecule has 42 heavy (non-hydrogen) atoms. The Kier molecular flexibility index (Phi) is 12.5. The largest absolute Gasteiger partial charge is 0.493 e. The highest BCUT2D eigenvalue weighted by molar-refractivity contribution is 6.35. The van der Waals surface area contributed by atoms with Crippen LogP contribution in [0.15, 0.2) is 71.8 Å². The lowest BCUT2D eigenvalue weighted by Gasteiger charge is -2.21. The maximum Gasteiger partial charge on any atom is 0.344 e. The molecule has 0 saturated carbocycles. The lowest BCUT2D eigenvalue weighted by atomic mass is 10.1. The van der Waals surface area contributed by atoms with E-state index in [2.05, 4.69) is 15.8 Å². The summed E-state index contributed by atoms with van der Waals surface area (Å²) >= 11 is 12.1. The number of rotatable bonds is 14. The Bertz CT molecular complexity index is 1400. The molecule has 0 unspecified atom stereocenters. The molecule has 3 aromatic rings. The summed E-state index contributed by atoms with van der Waals surface area (Å²) in [7, 11) is 1.46. The van der Waals surface area contributed by atoms with Crippen LogP contribution in [0.1, 0.15) is 25.0 Å². The van der Waals surface area contributed by atoms with Crippen LogP contribution in [-0.4, -0.2) is 56.5 Å². The Morgan fingerprint density at radius 1 is 0.952 bits per heavy atom. The van der Waals surface area contributed by atoms with Crippen LogP contribution >= 0.6 is 23.2 Å². The Balaban J connectivity index is 1.67. The van der Waals surface area contributed by atoms with Gasteiger partial charge in [0.25, 0.3) is 11.8 Å². The molecule has 222 valence electrons. The van der Waals surface area contributed by atoms with Crippen LogP contribution in [0.4, 0.5) is 0 Å². The number of hydrogen-bond acceptors (Lipinski definition) is 8. The van der Waals surface area contributed by atoms with Gasteiger partial charge in [0, 0.05) is 11.4 Å². The lowest BCUT2D eigenvalue weighted by molar-refractivity contribution is -0.145. The number of benzene rings is 3. The van der Waals surface area contributed by atoms with Crippen LogP contribution in [0.25, 0.3) is 0 Å². The second kappa shape index (κ2) is 16.2. The minimum Gasteiger partial charge on any atom is -0.493 e. The van der Waals surface area contributed by atoms with E-state index in [1.54, 1.807) is 44.2 Å². The fourth-order valence-electron chi connectivity index (χ4n) is 3.63. The first-order chi connectivity index (χ1) is 20.2. The molecule has 3 aromatic carbocycles. The van der Waals surface area contributed by atoms with Crippen molar-refractivity contribution in [3.63, 3.8) is 0 Å². The van der Waals surface area contributed by atoms with Crippen LogP contribution in [-0.2, 0) is 25.5 Å². The van der Waals surface area contributed by atoms with Crippen molar-refractivity contribution >= 4 is 47.2 Å². The third-order valence-electron chi connectivity index (χ3n) is 5.71. The predicted octanol–water partition coefficient (Wildman–Crippen LogP) is 4.59. The molecule has 0 bridgehead atoms. The number of carbonyl (C=O) groups is 3. The van der Waals surface area contributed by atoms with E-state index in [9.17, 15) is 14.4 Å². The monoisotopic (exact) mass is 615 g/mol. The number of halogens is 2. The zero-order chi connectivity index (χ0) is 30.5. The Morgan fingerprint density at radius 3 is 2.38 bits per heavy atom. The third-order valence-corrected chi connectivity index (χ3v) is 6.24. The smallest absolute Gasteiger partial charge is 0.344 e. The first-order valence-corrected chi connectivity index (χ1v) is 13.7. The Hall–Kier alpha value is -4.28. The van der Waals surface area contributed by atoms with E-state index in [0.717, 1.165) is 5.56 Å². The number of ether oxygens (including phenoxy) is 4. The Morgan fingerprint density at radius 2 is 1.69 bits per heavy atom. The summed E-state index contributed by atoms with van der Waals surface area (Å²) in [5.41, 5.74) is 3.89. The highest BCUT2D eigenvalue weighted by atomic mass is 35.5. The van der Waals surface area contributed by atoms with Crippen molar-refractivity contribution in [3.8, 4) is 17.2 Å². The van der Waals surface area contributed by atoms with Gasteiger partial charge < -0.3 is 24.3 Å². The molecule has 10 nitrogen and oxygen atoms in total. The number of hydrogen-bond donors (Lipinski definition) is 2. The Labute approximate surface area is 253 Å². The van der Waals surface area contributed by atoms with Crippen molar-refractivity contribution < 1.29 is 33.3 Å². The normalized spacial score (nSPS) is 12.2. The summed E-state index contributed by atoms with van der Waals surface area (Å²) < 4.78 is 21.3. The SMILES string of the molecule is CCOC(=O)COc1ccc(/C=N\NC(=O)[C@H](Cc2ccccc2)NC(=O)[C@H](C)Oc2ccc(Cl)cc2Cl)cc1OC. The average molecular weight is 616 g/mol. The number of nitrogens with zero attached hydrogens (tertiary/aromatic N) is 1. The topological polar surface area (TPSA) is 125 Å². The summed E-state index contributed by atoms with van der Waals surface area (Å²) in [4.78, 5) is 37.7. The fourth-order valence-corrected chi connectivity index (χ4v) is 4.09. The number of hydrazone groups is 1. The molecule has 0 saturated heterocycles. The van der Waals surface area contributed by atoms with Gasteiger partial charge in [-0.05, 0) is 61.4 Å². The number of amides is 2. The number of nitrogens with one attached hydrogen (secondary N) is 2. The molecule has 2 N–H and O–H groups in total. The summed E-state index contributed by atoms with van der Waals surface area (Å²) in [5.74, 6) is -0.581. The summed E-state index contributed by atoms with van der Waals surface area (Å²) in [6, 6.07) is 17.8. The van der Waals surface area contributed by atoms with Gasteiger partial charge in [-0.25, -0.2) is 10.2 Å². The quantitative estimate of drug-likeness (QED) is 0.154. The van der Waals surface area contributed by atoms with Gasteiger partial charge in [-0.3, -0.25) is 9.59 Å². The highest BCUT2D eigenvalue weighted by Gasteiger charge is 2.25. The van der Waals surface area contributed by atoms with Crippen LogP contribution in [0, 0.1) is 0 Å². The molecule has 3 rings (SSSR count). The summed E-state index contributed by atoms with van der Waals surface area (Å²) in [6.07, 6.45) is 0.656. The van der Waals surface area contributed by atoms with Crippen molar-refractivity contribution in [1.29, 1.82) is 0 Å². The van der Waals surface area contributed by atoms with E-state index < -0.39 is 29.9 Å². The van der Waals surface area contributed by atoms with Gasteiger partial charge in [-0.1, -0.05) is 53.5 Å². The molecule has 0 aliphatic rings. The molecule has 0 radical (unpaired) electrons. The molecule has 0 aromatic heterocycles. The van der Waals surface area contributed by atoms with Gasteiger partial charge in [0.1, 0.15) is 11.8 Å². The molecule has 0 heterocycles. The van der Waals surface area contributed by atoms with E-state index in [1.165, 1.54) is 19.4 Å². The fraction of sp³-hybridized carbons (Fsp3) is 0.267. The van der Waals surface area contributed by atoms with E-state index in [-0.39, 0.29) is 30.4 Å². The maximum absolute atomic E-state index is 13.1. The van der Waals surface area contributed by atoms with Crippen LogP contribution in [0.3, 0.4) is 0 Å². The number of carbonyl (C=O) groups excluding carboxylic acids is 3. The molecule has 0 spiro atoms. The second-order valence-corrected chi connectivity index (χ2v) is 9.67. The molecular formula is C30H31Cl2N3O7. The van der Waals surface area contributed by atoms with Gasteiger partial charge >= 0.3 is 5.97 Å². The average Bonchev–Trinajstić information content (AvgIpc) is 2.98. The third kappa shape index (κ3) is 9.97. The second-order valence-electron chi connectivity index (χ2n) is 8.82. The lowest BCUT2D eigenvalue weighted by Crippen LogP contribution is -2.50. The molecule has 2 amide bonds. The van der Waals surface area contributed by atoms with Gasteiger partial charge in [-0.15, -0.1) is 0 Å². The van der Waals surface area contributed by atoms with E-state index >= 15 is 0 Å². The summed E-state index contributed by atoms with van der Waals surface area (Å²) in [6.45, 7) is 3.24. The molecule has 12 heteroatoms. The van der Waals surface area contributed by atoms with Crippen LogP contribution in [0.5, 0.6) is 17.2 Å². The van der Waals surface area contributed by atoms with Crippen molar-refractivity contribution in [2.24, 2.45) is 5.10 Å². The zero-order valence-electron chi connectivity index (χ0n) is 23.3. The number of esters is 1. The first-order valence-electron chi connectivity index (χ1n) is 13.0.